The fourth-order valence-electron chi connectivity index (χ4n) is 4.53. The van der Waals surface area contributed by atoms with Crippen LogP contribution in [0.1, 0.15) is 36.1 Å². The van der Waals surface area contributed by atoms with Gasteiger partial charge in [-0.25, -0.2) is 4.39 Å². The molecule has 2 fully saturated rings. The minimum absolute atomic E-state index is 0.00825. The van der Waals surface area contributed by atoms with Crippen molar-refractivity contribution in [2.75, 3.05) is 46.0 Å². The molecule has 1 amide bonds. The molecule has 4 rings (SSSR count). The highest BCUT2D eigenvalue weighted by Crippen LogP contribution is 2.40. The number of ether oxygens (including phenoxy) is 2. The second-order valence-electron chi connectivity index (χ2n) is 8.82. The molecule has 186 valence electrons. The van der Waals surface area contributed by atoms with Crippen LogP contribution in [-0.4, -0.2) is 72.6 Å². The van der Waals surface area contributed by atoms with Gasteiger partial charge in [0.25, 0.3) is 11.7 Å². The average Bonchev–Trinajstić information content (AvgIpc) is 3.12. The van der Waals surface area contributed by atoms with Gasteiger partial charge in [0.05, 0.1) is 31.4 Å². The van der Waals surface area contributed by atoms with Crippen molar-refractivity contribution in [3.05, 3.63) is 70.5 Å². The smallest absolute Gasteiger partial charge is 0.295 e. The molecule has 35 heavy (non-hydrogen) atoms. The molecule has 0 aliphatic carbocycles. The first-order valence-electron chi connectivity index (χ1n) is 12.0. The third-order valence-electron chi connectivity index (χ3n) is 6.41. The van der Waals surface area contributed by atoms with Crippen molar-refractivity contribution in [1.82, 2.24) is 9.80 Å². The van der Waals surface area contributed by atoms with Crippen LogP contribution in [0.2, 0.25) is 0 Å². The quantitative estimate of drug-likeness (QED) is 0.351. The minimum Gasteiger partial charge on any atom is -0.507 e. The maximum absolute atomic E-state index is 13.7. The summed E-state index contributed by atoms with van der Waals surface area (Å²) in [5.74, 6) is -1.41. The second kappa shape index (κ2) is 11.0. The highest BCUT2D eigenvalue weighted by atomic mass is 19.1. The van der Waals surface area contributed by atoms with Gasteiger partial charge in [-0.3, -0.25) is 14.5 Å². The summed E-state index contributed by atoms with van der Waals surface area (Å²) in [6.07, 6.45) is 0.867. The topological polar surface area (TPSA) is 79.3 Å². The van der Waals surface area contributed by atoms with Crippen molar-refractivity contribution in [1.29, 1.82) is 0 Å². The fraction of sp³-hybridized carbons (Fsp3) is 0.407. The summed E-state index contributed by atoms with van der Waals surface area (Å²) >= 11 is 0. The SMILES string of the molecule is CCCOc1ccc(C(O)=C2C(=O)C(=O)N(CCN3CCOCC3)[C@@H]2c2ccc(F)cc2)c(C)c1. The van der Waals surface area contributed by atoms with Gasteiger partial charge in [-0.15, -0.1) is 0 Å². The van der Waals surface area contributed by atoms with Gasteiger partial charge in [-0.05, 0) is 54.8 Å². The maximum Gasteiger partial charge on any atom is 0.295 e. The van der Waals surface area contributed by atoms with Gasteiger partial charge in [0, 0.05) is 31.7 Å². The van der Waals surface area contributed by atoms with Crippen LogP contribution in [0.15, 0.2) is 48.0 Å². The molecule has 1 N–H and O–H groups in total. The van der Waals surface area contributed by atoms with E-state index < -0.39 is 23.5 Å². The van der Waals surface area contributed by atoms with Crippen LogP contribution in [-0.2, 0) is 14.3 Å². The van der Waals surface area contributed by atoms with Gasteiger partial charge in [0.1, 0.15) is 17.3 Å². The first-order chi connectivity index (χ1) is 16.9. The molecule has 8 heteroatoms. The standard InChI is InChI=1S/C27H31FN2O5/c1-3-14-35-21-8-9-22(18(2)17-21)25(31)23-24(19-4-6-20(28)7-5-19)30(27(33)26(23)32)11-10-29-12-15-34-16-13-29/h4-9,17,24,31H,3,10-16H2,1-2H3/t24-/m1/s1. The van der Waals surface area contributed by atoms with Crippen molar-refractivity contribution >= 4 is 17.4 Å². The molecule has 2 aliphatic heterocycles. The van der Waals surface area contributed by atoms with Crippen molar-refractivity contribution in [2.45, 2.75) is 26.3 Å². The summed E-state index contributed by atoms with van der Waals surface area (Å²) in [6, 6.07) is 10.1. The number of carbonyl (C=O) groups excluding carboxylic acids is 2. The molecular weight excluding hydrogens is 451 g/mol. The zero-order valence-corrected chi connectivity index (χ0v) is 20.1. The number of rotatable bonds is 8. The molecule has 2 aliphatic rings. The van der Waals surface area contributed by atoms with E-state index >= 15 is 0 Å². The summed E-state index contributed by atoms with van der Waals surface area (Å²) in [7, 11) is 0. The van der Waals surface area contributed by atoms with Gasteiger partial charge in [0.2, 0.25) is 0 Å². The van der Waals surface area contributed by atoms with Crippen LogP contribution in [0, 0.1) is 12.7 Å². The van der Waals surface area contributed by atoms with Crippen LogP contribution < -0.4 is 4.74 Å². The Balaban J connectivity index is 1.71. The Labute approximate surface area is 204 Å². The Morgan fingerprint density at radius 1 is 1.11 bits per heavy atom. The zero-order valence-electron chi connectivity index (χ0n) is 20.1. The minimum atomic E-state index is -0.813. The number of morpholine rings is 1. The van der Waals surface area contributed by atoms with Gasteiger partial charge in [-0.1, -0.05) is 19.1 Å². The molecular formula is C27H31FN2O5. The second-order valence-corrected chi connectivity index (χ2v) is 8.82. The number of likely N-dealkylation sites (tertiary alicyclic amines) is 1. The van der Waals surface area contributed by atoms with Crippen molar-refractivity contribution in [3.63, 3.8) is 0 Å². The number of ketones is 1. The molecule has 0 unspecified atom stereocenters. The number of aryl methyl sites for hydroxylation is 1. The molecule has 0 radical (unpaired) electrons. The number of aliphatic hydroxyl groups is 1. The average molecular weight is 483 g/mol. The van der Waals surface area contributed by atoms with E-state index in [0.717, 1.165) is 19.5 Å². The number of nitrogens with zero attached hydrogens (tertiary/aromatic N) is 2. The van der Waals surface area contributed by atoms with E-state index in [1.54, 1.807) is 30.3 Å². The normalized spacial score (nSPS) is 20.4. The lowest BCUT2D eigenvalue weighted by Gasteiger charge is -2.31. The first kappa shape index (κ1) is 24.9. The number of benzene rings is 2. The molecule has 2 saturated heterocycles. The number of amides is 1. The van der Waals surface area contributed by atoms with E-state index in [9.17, 15) is 19.1 Å². The van der Waals surface area contributed by atoms with Gasteiger partial charge in [0.15, 0.2) is 0 Å². The van der Waals surface area contributed by atoms with Crippen LogP contribution in [0.4, 0.5) is 4.39 Å². The summed E-state index contributed by atoms with van der Waals surface area (Å²) in [5.41, 5.74) is 1.74. The number of carbonyl (C=O) groups is 2. The van der Waals surface area contributed by atoms with E-state index in [0.29, 0.717) is 55.4 Å². The summed E-state index contributed by atoms with van der Waals surface area (Å²) < 4.78 is 24.7. The van der Waals surface area contributed by atoms with E-state index in [1.165, 1.54) is 17.0 Å². The number of aliphatic hydroxyl groups excluding tert-OH is 1. The summed E-state index contributed by atoms with van der Waals surface area (Å²) in [4.78, 5) is 30.0. The van der Waals surface area contributed by atoms with Crippen molar-refractivity contribution in [2.24, 2.45) is 0 Å². The molecule has 1 atom stereocenters. The van der Waals surface area contributed by atoms with E-state index in [4.69, 9.17) is 9.47 Å². The van der Waals surface area contributed by atoms with E-state index in [-0.39, 0.29) is 11.3 Å². The fourth-order valence-corrected chi connectivity index (χ4v) is 4.53. The van der Waals surface area contributed by atoms with Crippen LogP contribution in [0.3, 0.4) is 0 Å². The lowest BCUT2D eigenvalue weighted by atomic mass is 9.94. The third-order valence-corrected chi connectivity index (χ3v) is 6.41. The molecule has 2 aromatic carbocycles. The number of halogens is 1. The first-order valence-corrected chi connectivity index (χ1v) is 12.0. The Hall–Kier alpha value is -3.23. The van der Waals surface area contributed by atoms with Gasteiger partial charge >= 0.3 is 0 Å². The third kappa shape index (κ3) is 5.39. The Morgan fingerprint density at radius 3 is 2.49 bits per heavy atom. The van der Waals surface area contributed by atoms with Gasteiger partial charge in [-0.2, -0.15) is 0 Å². The summed E-state index contributed by atoms with van der Waals surface area (Å²) in [6.45, 7) is 8.00. The predicted molar refractivity (Wildman–Crippen MR) is 130 cm³/mol. The van der Waals surface area contributed by atoms with E-state index in [1.807, 2.05) is 13.8 Å². The molecule has 0 spiro atoms. The Bertz CT molecular complexity index is 1110. The monoisotopic (exact) mass is 482 g/mol. The van der Waals surface area contributed by atoms with E-state index in [2.05, 4.69) is 4.90 Å². The van der Waals surface area contributed by atoms with Crippen LogP contribution in [0.25, 0.3) is 5.76 Å². The number of hydrogen-bond acceptors (Lipinski definition) is 6. The lowest BCUT2D eigenvalue weighted by Crippen LogP contribution is -2.42. The Kier molecular flexibility index (Phi) is 7.83. The van der Waals surface area contributed by atoms with Crippen molar-refractivity contribution in [3.8, 4) is 5.75 Å². The highest BCUT2D eigenvalue weighted by molar-refractivity contribution is 6.46. The van der Waals surface area contributed by atoms with Gasteiger partial charge < -0.3 is 19.5 Å². The Morgan fingerprint density at radius 2 is 1.83 bits per heavy atom. The zero-order chi connectivity index (χ0) is 24.9. The number of hydrogen-bond donors (Lipinski definition) is 1. The maximum atomic E-state index is 13.7. The highest BCUT2D eigenvalue weighted by Gasteiger charge is 2.46. The largest absolute Gasteiger partial charge is 0.507 e. The molecule has 2 aromatic rings. The molecule has 7 nitrogen and oxygen atoms in total. The molecule has 0 bridgehead atoms. The molecule has 0 aromatic heterocycles. The van der Waals surface area contributed by atoms with Crippen LogP contribution >= 0.6 is 0 Å². The van der Waals surface area contributed by atoms with Crippen molar-refractivity contribution < 1.29 is 28.6 Å². The molecule has 2 heterocycles. The predicted octanol–water partition coefficient (Wildman–Crippen LogP) is 3.68. The lowest BCUT2D eigenvalue weighted by molar-refractivity contribution is -0.140. The van der Waals surface area contributed by atoms with Crippen LogP contribution in [0.5, 0.6) is 5.75 Å². The molecule has 0 saturated carbocycles. The summed E-state index contributed by atoms with van der Waals surface area (Å²) in [5, 5.41) is 11.3. The number of Topliss-reactive ketones (excluding diaryl/α,β-unsaturated/α-hetero) is 1.